The number of halogens is 3. The largest absolute Gasteiger partial charge is 0.326 e. The molecule has 2 aromatic carbocycles. The van der Waals surface area contributed by atoms with Crippen molar-refractivity contribution in [3.63, 3.8) is 0 Å². The third-order valence-electron chi connectivity index (χ3n) is 2.63. The lowest BCUT2D eigenvalue weighted by Gasteiger charge is -2.06. The highest BCUT2D eigenvalue weighted by Crippen LogP contribution is 2.22. The van der Waals surface area contributed by atoms with E-state index < -0.39 is 5.91 Å². The predicted molar refractivity (Wildman–Crippen MR) is 88.2 cm³/mol. The van der Waals surface area contributed by atoms with E-state index in [1.165, 1.54) is 0 Å². The maximum absolute atomic E-state index is 12.0. The number of carbonyl (C=O) groups excluding carboxylic acids is 2. The van der Waals surface area contributed by atoms with Crippen LogP contribution in [0.4, 0.5) is 5.69 Å². The van der Waals surface area contributed by atoms with E-state index in [1.807, 2.05) is 0 Å². The van der Waals surface area contributed by atoms with Crippen molar-refractivity contribution in [2.24, 2.45) is 0 Å². The summed E-state index contributed by atoms with van der Waals surface area (Å²) in [5, 5.41) is 3.43. The fourth-order valence-electron chi connectivity index (χ4n) is 1.71. The Morgan fingerprint density at radius 2 is 1.57 bits per heavy atom. The van der Waals surface area contributed by atoms with Gasteiger partial charge in [0.05, 0.1) is 6.42 Å². The lowest BCUT2D eigenvalue weighted by molar-refractivity contribution is -0.115. The normalized spacial score (nSPS) is 10.2. The molecular weight excluding hydrogens is 377 g/mol. The number of hydrogen-bond donors (Lipinski definition) is 1. The molecule has 0 aliphatic carbocycles. The van der Waals surface area contributed by atoms with Gasteiger partial charge in [-0.1, -0.05) is 51.3 Å². The Balaban J connectivity index is 2.01. The molecule has 6 heteroatoms. The highest BCUT2D eigenvalue weighted by molar-refractivity contribution is 9.10. The highest BCUT2D eigenvalue weighted by Gasteiger charge is 2.12. The van der Waals surface area contributed by atoms with E-state index in [-0.39, 0.29) is 12.2 Å². The number of anilines is 1. The van der Waals surface area contributed by atoms with Gasteiger partial charge in [-0.3, -0.25) is 9.59 Å². The van der Waals surface area contributed by atoms with Crippen molar-refractivity contribution < 1.29 is 9.59 Å². The smallest absolute Gasteiger partial charge is 0.232 e. The zero-order valence-corrected chi connectivity index (χ0v) is 13.8. The fourth-order valence-corrected chi connectivity index (χ4v) is 2.51. The first-order valence-corrected chi connectivity index (χ1v) is 7.53. The van der Waals surface area contributed by atoms with Crippen LogP contribution in [0.2, 0.25) is 10.0 Å². The predicted octanol–water partition coefficient (Wildman–Crippen LogP) is 4.97. The van der Waals surface area contributed by atoms with Crippen molar-refractivity contribution in [1.29, 1.82) is 0 Å². The van der Waals surface area contributed by atoms with Gasteiger partial charge in [0.25, 0.3) is 0 Å². The number of benzene rings is 2. The monoisotopic (exact) mass is 385 g/mol. The SMILES string of the molecule is O=C(CC(=O)c1ccc(Br)cc1)Nc1cc(Cl)cc(Cl)c1. The van der Waals surface area contributed by atoms with Crippen LogP contribution in [0, 0.1) is 0 Å². The minimum atomic E-state index is -0.416. The van der Waals surface area contributed by atoms with Crippen molar-refractivity contribution in [2.75, 3.05) is 5.32 Å². The van der Waals surface area contributed by atoms with Gasteiger partial charge in [0.1, 0.15) is 0 Å². The van der Waals surface area contributed by atoms with Crippen LogP contribution in [-0.2, 0) is 4.79 Å². The van der Waals surface area contributed by atoms with E-state index in [0.29, 0.717) is 21.3 Å². The van der Waals surface area contributed by atoms with E-state index in [1.54, 1.807) is 42.5 Å². The summed E-state index contributed by atoms with van der Waals surface area (Å²) in [5.41, 5.74) is 0.943. The van der Waals surface area contributed by atoms with Crippen molar-refractivity contribution in [2.45, 2.75) is 6.42 Å². The number of nitrogens with one attached hydrogen (secondary N) is 1. The van der Waals surface area contributed by atoms with Crippen molar-refractivity contribution in [1.82, 2.24) is 0 Å². The molecule has 21 heavy (non-hydrogen) atoms. The molecule has 3 nitrogen and oxygen atoms in total. The standard InChI is InChI=1S/C15H10BrCl2NO2/c16-10-3-1-9(2-4-10)14(20)8-15(21)19-13-6-11(17)5-12(18)7-13/h1-7H,8H2,(H,19,21). The summed E-state index contributed by atoms with van der Waals surface area (Å²) in [6, 6.07) is 11.5. The maximum atomic E-state index is 12.0. The first-order valence-electron chi connectivity index (χ1n) is 5.99. The summed E-state index contributed by atoms with van der Waals surface area (Å²) in [6.07, 6.45) is -0.244. The van der Waals surface area contributed by atoms with Crippen LogP contribution in [0.5, 0.6) is 0 Å². The molecule has 0 aliphatic rings. The molecule has 0 atom stereocenters. The van der Waals surface area contributed by atoms with E-state index in [4.69, 9.17) is 23.2 Å². The van der Waals surface area contributed by atoms with Crippen molar-refractivity contribution in [3.05, 3.63) is 62.5 Å². The Morgan fingerprint density at radius 1 is 1.00 bits per heavy atom. The van der Waals surface area contributed by atoms with Crippen LogP contribution < -0.4 is 5.32 Å². The second-order valence-corrected chi connectivity index (χ2v) is 6.10. The fraction of sp³-hybridized carbons (Fsp3) is 0.0667. The summed E-state index contributed by atoms with van der Waals surface area (Å²) >= 11 is 15.0. The molecule has 2 aromatic rings. The second-order valence-electron chi connectivity index (χ2n) is 4.31. The maximum Gasteiger partial charge on any atom is 0.232 e. The number of carbonyl (C=O) groups is 2. The van der Waals surface area contributed by atoms with Crippen molar-refractivity contribution in [3.8, 4) is 0 Å². The van der Waals surface area contributed by atoms with E-state index >= 15 is 0 Å². The highest BCUT2D eigenvalue weighted by atomic mass is 79.9. The number of Topliss-reactive ketones (excluding diaryl/α,β-unsaturated/α-hetero) is 1. The third kappa shape index (κ3) is 4.84. The van der Waals surface area contributed by atoms with Gasteiger partial charge >= 0.3 is 0 Å². The van der Waals surface area contributed by atoms with Gasteiger partial charge in [0.15, 0.2) is 5.78 Å². The molecule has 0 saturated carbocycles. The van der Waals surface area contributed by atoms with Crippen LogP contribution in [0.3, 0.4) is 0 Å². The molecule has 2 rings (SSSR count). The zero-order chi connectivity index (χ0) is 15.4. The molecule has 1 N–H and O–H groups in total. The van der Waals surface area contributed by atoms with Gasteiger partial charge in [-0.25, -0.2) is 0 Å². The van der Waals surface area contributed by atoms with E-state index in [0.717, 1.165) is 4.47 Å². The Labute approximate surface area is 140 Å². The summed E-state index contributed by atoms with van der Waals surface area (Å²) in [6.45, 7) is 0. The van der Waals surface area contributed by atoms with Gasteiger partial charge in [-0.2, -0.15) is 0 Å². The summed E-state index contributed by atoms with van der Waals surface area (Å²) < 4.78 is 0.872. The first-order chi connectivity index (χ1) is 9.94. The molecule has 1 amide bonds. The van der Waals surface area contributed by atoms with Gasteiger partial charge in [0, 0.05) is 25.8 Å². The Bertz CT molecular complexity index is 666. The quantitative estimate of drug-likeness (QED) is 0.595. The second kappa shape index (κ2) is 7.07. The zero-order valence-electron chi connectivity index (χ0n) is 10.7. The lowest BCUT2D eigenvalue weighted by atomic mass is 10.1. The minimum Gasteiger partial charge on any atom is -0.326 e. The number of amides is 1. The summed E-state index contributed by atoms with van der Waals surface area (Å²) in [5.74, 6) is -0.672. The van der Waals surface area contributed by atoms with Gasteiger partial charge < -0.3 is 5.32 Å². The van der Waals surface area contributed by atoms with Crippen LogP contribution in [0.1, 0.15) is 16.8 Å². The van der Waals surface area contributed by atoms with Crippen LogP contribution in [0.15, 0.2) is 46.9 Å². The molecule has 0 fully saturated rings. The Kier molecular flexibility index (Phi) is 5.39. The topological polar surface area (TPSA) is 46.2 Å². The number of ketones is 1. The average Bonchev–Trinajstić information content (AvgIpc) is 2.37. The van der Waals surface area contributed by atoms with Crippen LogP contribution in [-0.4, -0.2) is 11.7 Å². The van der Waals surface area contributed by atoms with Gasteiger partial charge in [0.2, 0.25) is 5.91 Å². The molecule has 0 radical (unpaired) electrons. The summed E-state index contributed by atoms with van der Waals surface area (Å²) in [4.78, 5) is 23.8. The van der Waals surface area contributed by atoms with Crippen LogP contribution >= 0.6 is 39.1 Å². The van der Waals surface area contributed by atoms with E-state index in [9.17, 15) is 9.59 Å². The molecule has 108 valence electrons. The Hall–Kier alpha value is -1.36. The molecule has 0 bridgehead atoms. The molecule has 0 aromatic heterocycles. The molecular formula is C15H10BrCl2NO2. The van der Waals surface area contributed by atoms with Crippen molar-refractivity contribution >= 4 is 56.5 Å². The lowest BCUT2D eigenvalue weighted by Crippen LogP contribution is -2.16. The number of rotatable bonds is 4. The minimum absolute atomic E-state index is 0.244. The summed E-state index contributed by atoms with van der Waals surface area (Å²) in [7, 11) is 0. The van der Waals surface area contributed by atoms with Gasteiger partial charge in [-0.05, 0) is 30.3 Å². The molecule has 0 unspecified atom stereocenters. The molecule has 0 aliphatic heterocycles. The Morgan fingerprint density at radius 3 is 2.14 bits per heavy atom. The van der Waals surface area contributed by atoms with Gasteiger partial charge in [-0.15, -0.1) is 0 Å². The van der Waals surface area contributed by atoms with E-state index in [2.05, 4.69) is 21.2 Å². The number of hydrogen-bond acceptors (Lipinski definition) is 2. The van der Waals surface area contributed by atoms with Crippen LogP contribution in [0.25, 0.3) is 0 Å². The molecule has 0 spiro atoms. The average molecular weight is 387 g/mol. The third-order valence-corrected chi connectivity index (χ3v) is 3.60. The first kappa shape index (κ1) is 16.0. The molecule has 0 heterocycles. The molecule has 0 saturated heterocycles.